The van der Waals surface area contributed by atoms with Gasteiger partial charge in [0, 0.05) is 12.5 Å². The maximum atomic E-state index is 12.0. The Kier molecular flexibility index (Phi) is 3.67. The number of Topliss-reactive ketones (excluding diaryl/α,β-unsaturated/α-hetero) is 1. The van der Waals surface area contributed by atoms with E-state index in [0.717, 1.165) is 5.56 Å². The highest BCUT2D eigenvalue weighted by molar-refractivity contribution is 5.95. The Bertz CT molecular complexity index is 533. The predicted molar refractivity (Wildman–Crippen MR) is 67.8 cm³/mol. The van der Waals surface area contributed by atoms with Gasteiger partial charge in [0.05, 0.1) is 7.11 Å². The summed E-state index contributed by atoms with van der Waals surface area (Å²) in [5, 5.41) is 7.62. The minimum Gasteiger partial charge on any atom is -0.480 e. The molecule has 0 N–H and O–H groups in total. The summed E-state index contributed by atoms with van der Waals surface area (Å²) >= 11 is 0. The first-order valence-electron chi connectivity index (χ1n) is 5.65. The molecule has 0 bridgehead atoms. The molecule has 0 saturated heterocycles. The van der Waals surface area contributed by atoms with Crippen LogP contribution in [0.1, 0.15) is 21.6 Å². The number of hydrogen-bond acceptors (Lipinski definition) is 4. The fraction of sp³-hybridized carbons (Fsp3) is 0.214. The number of carbonyl (C=O) groups is 1. The first-order valence-corrected chi connectivity index (χ1v) is 5.65. The summed E-state index contributed by atoms with van der Waals surface area (Å²) in [6.07, 6.45) is 0.335. The van der Waals surface area contributed by atoms with E-state index in [1.807, 2.05) is 31.2 Å². The summed E-state index contributed by atoms with van der Waals surface area (Å²) in [5.41, 5.74) is 2.51. The van der Waals surface area contributed by atoms with Crippen LogP contribution in [0.2, 0.25) is 0 Å². The molecule has 0 aliphatic carbocycles. The van der Waals surface area contributed by atoms with E-state index in [9.17, 15) is 4.79 Å². The second-order valence-corrected chi connectivity index (χ2v) is 4.05. The molecule has 0 unspecified atom stereocenters. The third kappa shape index (κ3) is 2.91. The summed E-state index contributed by atoms with van der Waals surface area (Å²) < 4.78 is 4.90. The maximum Gasteiger partial charge on any atom is 0.233 e. The second-order valence-electron chi connectivity index (χ2n) is 4.05. The van der Waals surface area contributed by atoms with Crippen LogP contribution in [0.4, 0.5) is 0 Å². The Morgan fingerprint density at radius 3 is 2.39 bits per heavy atom. The Morgan fingerprint density at radius 2 is 1.83 bits per heavy atom. The van der Waals surface area contributed by atoms with Crippen LogP contribution in [0.15, 0.2) is 36.4 Å². The summed E-state index contributed by atoms with van der Waals surface area (Å²) in [6.45, 7) is 2.01. The van der Waals surface area contributed by atoms with Crippen LogP contribution in [0.3, 0.4) is 0 Å². The third-order valence-corrected chi connectivity index (χ3v) is 2.62. The van der Waals surface area contributed by atoms with Crippen molar-refractivity contribution >= 4 is 5.78 Å². The van der Waals surface area contributed by atoms with Crippen LogP contribution in [0.25, 0.3) is 0 Å². The molecule has 1 aromatic heterocycles. The van der Waals surface area contributed by atoms with Crippen LogP contribution in [0, 0.1) is 6.92 Å². The molecule has 18 heavy (non-hydrogen) atoms. The molecule has 2 rings (SSSR count). The highest BCUT2D eigenvalue weighted by Gasteiger charge is 2.09. The van der Waals surface area contributed by atoms with E-state index < -0.39 is 0 Å². The average molecular weight is 242 g/mol. The molecule has 1 heterocycles. The van der Waals surface area contributed by atoms with Crippen LogP contribution >= 0.6 is 0 Å². The lowest BCUT2D eigenvalue weighted by Crippen LogP contribution is -2.07. The van der Waals surface area contributed by atoms with Crippen molar-refractivity contribution in [1.29, 1.82) is 0 Å². The van der Waals surface area contributed by atoms with Crippen molar-refractivity contribution in [2.24, 2.45) is 0 Å². The van der Waals surface area contributed by atoms with Crippen LogP contribution in [-0.4, -0.2) is 23.1 Å². The van der Waals surface area contributed by atoms with Gasteiger partial charge in [-0.2, -0.15) is 0 Å². The van der Waals surface area contributed by atoms with Crippen molar-refractivity contribution < 1.29 is 9.53 Å². The molecule has 0 amide bonds. The van der Waals surface area contributed by atoms with Gasteiger partial charge in [0.15, 0.2) is 5.78 Å². The maximum absolute atomic E-state index is 12.0. The molecule has 1 aromatic carbocycles. The lowest BCUT2D eigenvalue weighted by Gasteiger charge is -2.02. The van der Waals surface area contributed by atoms with E-state index in [1.165, 1.54) is 12.7 Å². The van der Waals surface area contributed by atoms with Crippen molar-refractivity contribution in [3.05, 3.63) is 53.2 Å². The largest absolute Gasteiger partial charge is 0.480 e. The van der Waals surface area contributed by atoms with E-state index in [2.05, 4.69) is 10.2 Å². The van der Waals surface area contributed by atoms with Gasteiger partial charge in [-0.15, -0.1) is 10.2 Å². The van der Waals surface area contributed by atoms with Gasteiger partial charge >= 0.3 is 0 Å². The monoisotopic (exact) mass is 242 g/mol. The van der Waals surface area contributed by atoms with Gasteiger partial charge in [-0.05, 0) is 18.6 Å². The van der Waals surface area contributed by atoms with E-state index in [4.69, 9.17) is 4.74 Å². The van der Waals surface area contributed by atoms with Gasteiger partial charge in [0.2, 0.25) is 5.88 Å². The quantitative estimate of drug-likeness (QED) is 0.771. The molecule has 0 spiro atoms. The molecule has 0 fully saturated rings. The zero-order chi connectivity index (χ0) is 13.0. The topological polar surface area (TPSA) is 52.1 Å². The zero-order valence-electron chi connectivity index (χ0n) is 10.4. The van der Waals surface area contributed by atoms with Gasteiger partial charge in [0.1, 0.15) is 5.69 Å². The molecule has 0 radical (unpaired) electrons. The lowest BCUT2D eigenvalue weighted by molar-refractivity contribution is 0.0987. The molecule has 4 heteroatoms. The first-order chi connectivity index (χ1) is 8.69. The highest BCUT2D eigenvalue weighted by atomic mass is 16.5. The number of benzene rings is 1. The molecule has 0 atom stereocenters. The number of aryl methyl sites for hydroxylation is 1. The van der Waals surface area contributed by atoms with Crippen molar-refractivity contribution in [1.82, 2.24) is 10.2 Å². The standard InChI is InChI=1S/C14H14N2O2/c1-10-3-5-11(6-4-10)9-13(17)12-7-8-14(18-2)16-15-12/h3-8H,9H2,1-2H3. The third-order valence-electron chi connectivity index (χ3n) is 2.62. The molecule has 0 aliphatic rings. The molecule has 2 aromatic rings. The minimum atomic E-state index is -0.0472. The van der Waals surface area contributed by atoms with Crippen molar-refractivity contribution in [3.63, 3.8) is 0 Å². The van der Waals surface area contributed by atoms with Crippen molar-refractivity contribution in [2.75, 3.05) is 7.11 Å². The number of carbonyl (C=O) groups excluding carboxylic acids is 1. The number of nitrogens with zero attached hydrogens (tertiary/aromatic N) is 2. The Hall–Kier alpha value is -2.23. The molecule has 0 saturated carbocycles. The number of ether oxygens (including phenoxy) is 1. The van der Waals surface area contributed by atoms with Crippen molar-refractivity contribution in [2.45, 2.75) is 13.3 Å². The number of hydrogen-bond donors (Lipinski definition) is 0. The van der Waals surface area contributed by atoms with E-state index in [1.54, 1.807) is 12.1 Å². The highest BCUT2D eigenvalue weighted by Crippen LogP contribution is 2.09. The smallest absolute Gasteiger partial charge is 0.233 e. The molecular weight excluding hydrogens is 228 g/mol. The number of rotatable bonds is 4. The number of ketones is 1. The van der Waals surface area contributed by atoms with E-state index in [-0.39, 0.29) is 5.78 Å². The molecule has 92 valence electrons. The Morgan fingerprint density at radius 1 is 1.11 bits per heavy atom. The number of methoxy groups -OCH3 is 1. The zero-order valence-corrected chi connectivity index (χ0v) is 10.4. The van der Waals surface area contributed by atoms with E-state index >= 15 is 0 Å². The van der Waals surface area contributed by atoms with Crippen molar-refractivity contribution in [3.8, 4) is 5.88 Å². The summed E-state index contributed by atoms with van der Waals surface area (Å²) in [7, 11) is 1.51. The molecular formula is C14H14N2O2. The summed E-state index contributed by atoms with van der Waals surface area (Å²) in [6, 6.07) is 11.1. The summed E-state index contributed by atoms with van der Waals surface area (Å²) in [4.78, 5) is 12.0. The van der Waals surface area contributed by atoms with Crippen LogP contribution in [-0.2, 0) is 6.42 Å². The Balaban J connectivity index is 2.09. The SMILES string of the molecule is COc1ccc(C(=O)Cc2ccc(C)cc2)nn1. The normalized spacial score (nSPS) is 10.1. The molecule has 0 aliphatic heterocycles. The van der Waals surface area contributed by atoms with Crippen LogP contribution < -0.4 is 4.74 Å². The fourth-order valence-corrected chi connectivity index (χ4v) is 1.56. The van der Waals surface area contributed by atoms with Crippen LogP contribution in [0.5, 0.6) is 5.88 Å². The van der Waals surface area contributed by atoms with Gasteiger partial charge in [-0.1, -0.05) is 29.8 Å². The van der Waals surface area contributed by atoms with Gasteiger partial charge < -0.3 is 4.74 Å². The van der Waals surface area contributed by atoms with Gasteiger partial charge in [0.25, 0.3) is 0 Å². The minimum absolute atomic E-state index is 0.0472. The first kappa shape index (κ1) is 12.2. The second kappa shape index (κ2) is 5.40. The Labute approximate surface area is 106 Å². The fourth-order valence-electron chi connectivity index (χ4n) is 1.56. The van der Waals surface area contributed by atoms with Gasteiger partial charge in [-0.3, -0.25) is 4.79 Å². The van der Waals surface area contributed by atoms with Gasteiger partial charge in [-0.25, -0.2) is 0 Å². The van der Waals surface area contributed by atoms with E-state index in [0.29, 0.717) is 18.0 Å². The average Bonchev–Trinajstić information content (AvgIpc) is 2.41. The summed E-state index contributed by atoms with van der Waals surface area (Å²) in [5.74, 6) is 0.357. The predicted octanol–water partition coefficient (Wildman–Crippen LogP) is 2.22. The lowest BCUT2D eigenvalue weighted by atomic mass is 10.1. The number of aromatic nitrogens is 2. The molecule has 4 nitrogen and oxygen atoms in total.